The van der Waals surface area contributed by atoms with Crippen LogP contribution in [-0.4, -0.2) is 49.7 Å². The molecule has 0 aliphatic carbocycles. The Bertz CT molecular complexity index is 1100. The minimum absolute atomic E-state index is 0.0685. The van der Waals surface area contributed by atoms with E-state index < -0.39 is 16.1 Å². The van der Waals surface area contributed by atoms with Gasteiger partial charge < -0.3 is 14.0 Å². The molecule has 1 atom stereocenters. The minimum Gasteiger partial charge on any atom is -0.497 e. The Labute approximate surface area is 173 Å². The molecule has 1 aliphatic rings. The van der Waals surface area contributed by atoms with Crippen molar-refractivity contribution in [3.8, 4) is 17.1 Å². The number of hydrogen-bond acceptors (Lipinski definition) is 7. The van der Waals surface area contributed by atoms with E-state index in [1.807, 2.05) is 12.1 Å². The highest BCUT2D eigenvalue weighted by Crippen LogP contribution is 2.28. The lowest BCUT2D eigenvalue weighted by Gasteiger charge is -2.30. The van der Waals surface area contributed by atoms with E-state index >= 15 is 0 Å². The molecule has 2 heterocycles. The van der Waals surface area contributed by atoms with Crippen molar-refractivity contribution in [3.63, 3.8) is 0 Å². The van der Waals surface area contributed by atoms with Crippen molar-refractivity contribution in [2.45, 2.75) is 11.0 Å². The largest absolute Gasteiger partial charge is 0.497 e. The van der Waals surface area contributed by atoms with Crippen LogP contribution in [0.25, 0.3) is 11.4 Å². The Hall–Kier alpha value is -2.46. The van der Waals surface area contributed by atoms with Gasteiger partial charge in [0.1, 0.15) is 5.75 Å². The normalized spacial score (nSPS) is 17.9. The summed E-state index contributed by atoms with van der Waals surface area (Å²) in [4.78, 5) is 4.51. The van der Waals surface area contributed by atoms with Crippen molar-refractivity contribution in [2.75, 3.05) is 26.8 Å². The molecule has 4 rings (SSSR count). The zero-order valence-corrected chi connectivity index (χ0v) is 17.1. The number of methoxy groups -OCH3 is 1. The summed E-state index contributed by atoms with van der Waals surface area (Å²) in [6, 6.07) is 13.4. The van der Waals surface area contributed by atoms with Crippen molar-refractivity contribution < 1.29 is 22.4 Å². The van der Waals surface area contributed by atoms with E-state index in [0.717, 1.165) is 11.3 Å². The first-order valence-corrected chi connectivity index (χ1v) is 10.6. The van der Waals surface area contributed by atoms with Gasteiger partial charge in [0.15, 0.2) is 6.10 Å². The highest BCUT2D eigenvalue weighted by atomic mass is 35.5. The van der Waals surface area contributed by atoms with Gasteiger partial charge in [-0.3, -0.25) is 0 Å². The van der Waals surface area contributed by atoms with Gasteiger partial charge in [-0.2, -0.15) is 9.29 Å². The van der Waals surface area contributed by atoms with Crippen LogP contribution in [0.2, 0.25) is 5.02 Å². The van der Waals surface area contributed by atoms with Crippen LogP contribution >= 0.6 is 11.6 Å². The van der Waals surface area contributed by atoms with E-state index in [4.69, 9.17) is 25.6 Å². The number of hydrogen-bond donors (Lipinski definition) is 0. The smallest absolute Gasteiger partial charge is 0.257 e. The third kappa shape index (κ3) is 4.13. The molecule has 1 aromatic heterocycles. The molecule has 152 valence electrons. The van der Waals surface area contributed by atoms with E-state index in [2.05, 4.69) is 10.1 Å². The molecule has 1 aliphatic heterocycles. The number of morpholine rings is 1. The first-order chi connectivity index (χ1) is 14.0. The number of benzene rings is 2. The molecule has 3 aromatic rings. The van der Waals surface area contributed by atoms with Gasteiger partial charge in [0.05, 0.1) is 18.6 Å². The number of sulfonamides is 1. The lowest BCUT2D eigenvalue weighted by atomic mass is 10.2. The molecule has 10 heteroatoms. The maximum atomic E-state index is 12.9. The number of rotatable bonds is 5. The number of aromatic nitrogens is 2. The topological polar surface area (TPSA) is 94.8 Å². The van der Waals surface area contributed by atoms with Gasteiger partial charge in [0.25, 0.3) is 5.89 Å². The highest BCUT2D eigenvalue weighted by Gasteiger charge is 2.34. The van der Waals surface area contributed by atoms with Gasteiger partial charge in [0.2, 0.25) is 15.8 Å². The van der Waals surface area contributed by atoms with Crippen LogP contribution in [0.1, 0.15) is 12.0 Å². The number of halogens is 1. The van der Waals surface area contributed by atoms with E-state index in [1.54, 1.807) is 31.4 Å². The minimum atomic E-state index is -3.71. The Morgan fingerprint density at radius 3 is 2.72 bits per heavy atom. The third-order valence-corrected chi connectivity index (χ3v) is 6.62. The van der Waals surface area contributed by atoms with Crippen LogP contribution in [0.5, 0.6) is 5.75 Å². The van der Waals surface area contributed by atoms with E-state index in [0.29, 0.717) is 10.8 Å². The summed E-state index contributed by atoms with van der Waals surface area (Å²) in [6.07, 6.45) is -0.655. The standard InChI is InChI=1S/C19H18ClN3O5S/c1-26-15-7-5-13(6-8-15)18-21-19(28-22-18)17-12-23(9-10-27-17)29(24,25)16-4-2-3-14(20)11-16/h2-8,11,17H,9-10,12H2,1H3. The molecule has 2 aromatic carbocycles. The number of nitrogens with zero attached hydrogens (tertiary/aromatic N) is 3. The molecule has 0 saturated carbocycles. The molecule has 0 spiro atoms. The van der Waals surface area contributed by atoms with Crippen LogP contribution in [0.15, 0.2) is 57.9 Å². The second kappa shape index (κ2) is 8.11. The first kappa shape index (κ1) is 19.8. The molecule has 1 saturated heterocycles. The summed E-state index contributed by atoms with van der Waals surface area (Å²) in [5, 5.41) is 4.34. The van der Waals surface area contributed by atoms with Gasteiger partial charge in [-0.15, -0.1) is 0 Å². The predicted octanol–water partition coefficient (Wildman–Crippen LogP) is 3.16. The molecular weight excluding hydrogens is 418 g/mol. The molecule has 0 bridgehead atoms. The Morgan fingerprint density at radius 1 is 1.21 bits per heavy atom. The van der Waals surface area contributed by atoms with Crippen LogP contribution in [0, 0.1) is 0 Å². The average Bonchev–Trinajstić information content (AvgIpc) is 3.24. The monoisotopic (exact) mass is 435 g/mol. The second-order valence-electron chi connectivity index (χ2n) is 6.36. The first-order valence-electron chi connectivity index (χ1n) is 8.83. The number of ether oxygens (including phenoxy) is 2. The lowest BCUT2D eigenvalue weighted by molar-refractivity contribution is -0.0199. The van der Waals surface area contributed by atoms with Gasteiger partial charge in [-0.05, 0) is 42.5 Å². The zero-order chi connectivity index (χ0) is 20.4. The molecule has 8 nitrogen and oxygen atoms in total. The fourth-order valence-electron chi connectivity index (χ4n) is 2.99. The van der Waals surface area contributed by atoms with E-state index in [-0.39, 0.29) is 30.5 Å². The summed E-state index contributed by atoms with van der Waals surface area (Å²) < 4.78 is 43.4. The molecule has 0 N–H and O–H groups in total. The molecule has 29 heavy (non-hydrogen) atoms. The summed E-state index contributed by atoms with van der Waals surface area (Å²) >= 11 is 5.95. The van der Waals surface area contributed by atoms with E-state index in [1.165, 1.54) is 16.4 Å². The van der Waals surface area contributed by atoms with Crippen LogP contribution in [0.3, 0.4) is 0 Å². The lowest BCUT2D eigenvalue weighted by Crippen LogP contribution is -2.42. The Balaban J connectivity index is 1.53. The summed E-state index contributed by atoms with van der Waals surface area (Å²) in [6.45, 7) is 0.509. The molecular formula is C19H18ClN3O5S. The van der Waals surface area contributed by atoms with Crippen molar-refractivity contribution >= 4 is 21.6 Å². The van der Waals surface area contributed by atoms with Gasteiger partial charge in [0, 0.05) is 23.7 Å². The fraction of sp³-hybridized carbons (Fsp3) is 0.263. The summed E-state index contributed by atoms with van der Waals surface area (Å²) in [5.74, 6) is 1.33. The van der Waals surface area contributed by atoms with Crippen LogP contribution < -0.4 is 4.74 Å². The van der Waals surface area contributed by atoms with Gasteiger partial charge in [-0.25, -0.2) is 8.42 Å². The van der Waals surface area contributed by atoms with Crippen molar-refractivity contribution in [2.24, 2.45) is 0 Å². The van der Waals surface area contributed by atoms with Crippen molar-refractivity contribution in [1.82, 2.24) is 14.4 Å². The average molecular weight is 436 g/mol. The predicted molar refractivity (Wildman–Crippen MR) is 105 cm³/mol. The molecule has 0 amide bonds. The zero-order valence-electron chi connectivity index (χ0n) is 15.5. The maximum absolute atomic E-state index is 12.9. The van der Waals surface area contributed by atoms with Crippen LogP contribution in [0.4, 0.5) is 0 Å². The molecule has 1 unspecified atom stereocenters. The van der Waals surface area contributed by atoms with Crippen molar-refractivity contribution in [3.05, 3.63) is 59.4 Å². The Kier molecular flexibility index (Phi) is 5.55. The Morgan fingerprint density at radius 2 is 2.00 bits per heavy atom. The van der Waals surface area contributed by atoms with Crippen molar-refractivity contribution in [1.29, 1.82) is 0 Å². The third-order valence-electron chi connectivity index (χ3n) is 4.53. The maximum Gasteiger partial charge on any atom is 0.257 e. The fourth-order valence-corrected chi connectivity index (χ4v) is 4.72. The van der Waals surface area contributed by atoms with Gasteiger partial charge >= 0.3 is 0 Å². The van der Waals surface area contributed by atoms with Gasteiger partial charge in [-0.1, -0.05) is 22.8 Å². The quantitative estimate of drug-likeness (QED) is 0.607. The SMILES string of the molecule is COc1ccc(-c2noc(C3CN(S(=O)(=O)c4cccc(Cl)c4)CCO3)n2)cc1. The second-order valence-corrected chi connectivity index (χ2v) is 8.74. The van der Waals surface area contributed by atoms with Crippen LogP contribution in [-0.2, 0) is 14.8 Å². The van der Waals surface area contributed by atoms with E-state index in [9.17, 15) is 8.42 Å². The highest BCUT2D eigenvalue weighted by molar-refractivity contribution is 7.89. The summed E-state index contributed by atoms with van der Waals surface area (Å²) in [7, 11) is -2.13. The summed E-state index contributed by atoms with van der Waals surface area (Å²) in [5.41, 5.74) is 0.750. The molecule has 1 fully saturated rings. The molecule has 0 radical (unpaired) electrons.